The lowest BCUT2D eigenvalue weighted by Gasteiger charge is -2.32. The number of alkyl halides is 3. The molecule has 11 heteroatoms. The van der Waals surface area contributed by atoms with Crippen molar-refractivity contribution in [3.8, 4) is 0 Å². The molecule has 27 heavy (non-hydrogen) atoms. The highest BCUT2D eigenvalue weighted by molar-refractivity contribution is 6.53. The molecule has 0 bridgehead atoms. The van der Waals surface area contributed by atoms with Crippen molar-refractivity contribution in [3.05, 3.63) is 45.5 Å². The van der Waals surface area contributed by atoms with E-state index in [-0.39, 0.29) is 0 Å². The zero-order valence-corrected chi connectivity index (χ0v) is 15.1. The van der Waals surface area contributed by atoms with Crippen LogP contribution in [0, 0.1) is 0 Å². The molecule has 0 unspecified atom stereocenters. The Kier molecular flexibility index (Phi) is 5.32. The molecule has 0 aliphatic carbocycles. The Labute approximate surface area is 152 Å². The second-order valence-corrected chi connectivity index (χ2v) is 7.10. The molecule has 1 N–H and O–H groups in total. The van der Waals surface area contributed by atoms with Crippen molar-refractivity contribution in [2.45, 2.75) is 51.6 Å². The number of hydrogen-bond acceptors (Lipinski definition) is 4. The van der Waals surface area contributed by atoms with Crippen molar-refractivity contribution in [1.82, 2.24) is 4.57 Å². The number of carbonyl (C=O) groups is 1. The molecular weight excluding hydrogens is 373 g/mol. The van der Waals surface area contributed by atoms with Crippen LogP contribution in [0.1, 0.15) is 38.1 Å². The molecule has 1 aromatic rings. The van der Waals surface area contributed by atoms with Crippen LogP contribution < -0.4 is 5.56 Å². The summed E-state index contributed by atoms with van der Waals surface area (Å²) in [6.07, 6.45) is -4.42. The van der Waals surface area contributed by atoms with Gasteiger partial charge in [0, 0.05) is 12.3 Å². The average molecular weight is 391 g/mol. The monoisotopic (exact) mass is 391 g/mol. The van der Waals surface area contributed by atoms with Crippen LogP contribution in [0.25, 0.3) is 0 Å². The topological polar surface area (TPSA) is 77.8 Å². The van der Waals surface area contributed by atoms with Crippen LogP contribution in [-0.4, -0.2) is 40.1 Å². The van der Waals surface area contributed by atoms with Gasteiger partial charge in [-0.05, 0) is 33.8 Å². The van der Waals surface area contributed by atoms with Crippen molar-refractivity contribution in [1.29, 1.82) is 0 Å². The molecule has 0 aromatic carbocycles. The highest BCUT2D eigenvalue weighted by Gasteiger charge is 2.55. The molecule has 6 nitrogen and oxygen atoms in total. The fourth-order valence-electron chi connectivity index (χ4n) is 2.34. The SMILES string of the molecule is CC1(C)OB(C(F)=C(Cn2cc(C(=O)O)ccc2=O)C(F)(F)F)OC1(C)C. The number of carboxylic acids is 1. The van der Waals surface area contributed by atoms with Crippen LogP contribution in [0.2, 0.25) is 0 Å². The number of aromatic carboxylic acids is 1. The lowest BCUT2D eigenvalue weighted by atomic mass is 9.84. The minimum Gasteiger partial charge on any atom is -0.478 e. The van der Waals surface area contributed by atoms with Gasteiger partial charge in [-0.25, -0.2) is 9.18 Å². The van der Waals surface area contributed by atoms with Gasteiger partial charge in [-0.15, -0.1) is 0 Å². The third-order valence-corrected chi connectivity index (χ3v) is 4.65. The van der Waals surface area contributed by atoms with Gasteiger partial charge in [-0.2, -0.15) is 13.2 Å². The minimum atomic E-state index is -5.13. The van der Waals surface area contributed by atoms with E-state index in [4.69, 9.17) is 14.4 Å². The molecule has 2 heterocycles. The second kappa shape index (κ2) is 6.79. The summed E-state index contributed by atoms with van der Waals surface area (Å²) in [6.45, 7) is 4.98. The van der Waals surface area contributed by atoms with E-state index in [1.165, 1.54) is 0 Å². The normalized spacial score (nSPS) is 19.8. The lowest BCUT2D eigenvalue weighted by molar-refractivity contribution is -0.0965. The highest BCUT2D eigenvalue weighted by Crippen LogP contribution is 2.41. The summed E-state index contributed by atoms with van der Waals surface area (Å²) in [6, 6.07) is 1.74. The van der Waals surface area contributed by atoms with E-state index >= 15 is 0 Å². The van der Waals surface area contributed by atoms with Gasteiger partial charge in [0.15, 0.2) is 0 Å². The van der Waals surface area contributed by atoms with Gasteiger partial charge in [-0.3, -0.25) is 4.79 Å². The Morgan fingerprint density at radius 3 is 2.15 bits per heavy atom. The first-order chi connectivity index (χ1) is 12.2. The molecule has 0 amide bonds. The van der Waals surface area contributed by atoms with E-state index in [0.717, 1.165) is 12.1 Å². The summed E-state index contributed by atoms with van der Waals surface area (Å²) in [5, 5.41) is 8.93. The standard InChI is InChI=1S/C16H18BF4NO5/c1-14(2)15(3,4)27-17(26-14)12(18)10(16(19,20)21)8-22-7-9(13(24)25)5-6-11(22)23/h5-7H,8H2,1-4H3,(H,24,25). The van der Waals surface area contributed by atoms with Crippen LogP contribution >= 0.6 is 0 Å². The Morgan fingerprint density at radius 1 is 1.19 bits per heavy atom. The van der Waals surface area contributed by atoms with E-state index in [9.17, 15) is 27.2 Å². The number of carboxylic acid groups (broad SMARTS) is 1. The van der Waals surface area contributed by atoms with Gasteiger partial charge >= 0.3 is 19.3 Å². The largest absolute Gasteiger partial charge is 0.525 e. The van der Waals surface area contributed by atoms with Gasteiger partial charge in [0.1, 0.15) is 5.73 Å². The zero-order chi connectivity index (χ0) is 20.8. The maximum absolute atomic E-state index is 14.7. The maximum Gasteiger partial charge on any atom is 0.525 e. The molecule has 1 aliphatic heterocycles. The fourth-order valence-corrected chi connectivity index (χ4v) is 2.34. The van der Waals surface area contributed by atoms with Crippen molar-refractivity contribution < 1.29 is 36.8 Å². The number of hydrogen-bond donors (Lipinski definition) is 1. The smallest absolute Gasteiger partial charge is 0.478 e. The van der Waals surface area contributed by atoms with E-state index in [1.54, 1.807) is 27.7 Å². The van der Waals surface area contributed by atoms with E-state index < -0.39 is 59.4 Å². The van der Waals surface area contributed by atoms with Crippen molar-refractivity contribution in [2.75, 3.05) is 0 Å². The van der Waals surface area contributed by atoms with Gasteiger partial charge in [0.25, 0.3) is 5.56 Å². The van der Waals surface area contributed by atoms with Gasteiger partial charge in [-0.1, -0.05) is 0 Å². The van der Waals surface area contributed by atoms with Crippen LogP contribution in [0.3, 0.4) is 0 Å². The summed E-state index contributed by atoms with van der Waals surface area (Å²) in [5.74, 6) is -1.44. The van der Waals surface area contributed by atoms with E-state index in [2.05, 4.69) is 0 Å². The molecule has 1 aromatic heterocycles. The first kappa shape index (κ1) is 21.2. The summed E-state index contributed by atoms with van der Waals surface area (Å²) in [4.78, 5) is 22.8. The van der Waals surface area contributed by atoms with Crippen LogP contribution in [0.4, 0.5) is 17.6 Å². The van der Waals surface area contributed by atoms with E-state index in [0.29, 0.717) is 10.8 Å². The van der Waals surface area contributed by atoms with Crippen LogP contribution in [-0.2, 0) is 15.9 Å². The number of allylic oxidation sites excluding steroid dienone is 1. The number of nitrogens with zero attached hydrogens (tertiary/aromatic N) is 1. The van der Waals surface area contributed by atoms with Gasteiger partial charge in [0.2, 0.25) is 0 Å². The Morgan fingerprint density at radius 2 is 1.70 bits per heavy atom. The third-order valence-electron chi connectivity index (χ3n) is 4.65. The minimum absolute atomic E-state index is 0.410. The van der Waals surface area contributed by atoms with Crippen molar-refractivity contribution >= 4 is 13.1 Å². The molecule has 0 atom stereocenters. The summed E-state index contributed by atoms with van der Waals surface area (Å²) < 4.78 is 66.1. The van der Waals surface area contributed by atoms with Crippen molar-refractivity contribution in [3.63, 3.8) is 0 Å². The lowest BCUT2D eigenvalue weighted by Crippen LogP contribution is -2.41. The van der Waals surface area contributed by atoms with E-state index in [1.807, 2.05) is 0 Å². The second-order valence-electron chi connectivity index (χ2n) is 7.10. The van der Waals surface area contributed by atoms with Crippen LogP contribution in [0.5, 0.6) is 0 Å². The molecule has 148 valence electrons. The number of rotatable bonds is 4. The predicted octanol–water partition coefficient (Wildman–Crippen LogP) is 2.96. The fraction of sp³-hybridized carbons (Fsp3) is 0.500. The molecule has 1 saturated heterocycles. The quantitative estimate of drug-likeness (QED) is 0.631. The number of aromatic nitrogens is 1. The highest BCUT2D eigenvalue weighted by atomic mass is 19.4. The Hall–Kier alpha value is -2.14. The number of pyridine rings is 1. The average Bonchev–Trinajstić information content (AvgIpc) is 2.72. The molecular formula is C16H18BF4NO5. The predicted molar refractivity (Wildman–Crippen MR) is 87.9 cm³/mol. The molecule has 0 spiro atoms. The third kappa shape index (κ3) is 4.24. The zero-order valence-electron chi connectivity index (χ0n) is 15.1. The Bertz CT molecular complexity index is 828. The van der Waals surface area contributed by atoms with Crippen molar-refractivity contribution in [2.24, 2.45) is 0 Å². The summed E-state index contributed by atoms with van der Waals surface area (Å²) >= 11 is 0. The molecule has 1 aliphatic rings. The first-order valence-electron chi connectivity index (χ1n) is 7.91. The summed E-state index contributed by atoms with van der Waals surface area (Å²) in [7, 11) is -1.90. The summed E-state index contributed by atoms with van der Waals surface area (Å²) in [5.41, 5.74) is -6.85. The van der Waals surface area contributed by atoms with Crippen LogP contribution in [0.15, 0.2) is 34.4 Å². The molecule has 0 saturated carbocycles. The number of halogens is 4. The first-order valence-corrected chi connectivity index (χ1v) is 7.91. The molecule has 0 radical (unpaired) electrons. The Balaban J connectivity index is 2.49. The van der Waals surface area contributed by atoms with Gasteiger partial charge < -0.3 is 19.0 Å². The maximum atomic E-state index is 14.7. The van der Waals surface area contributed by atoms with Gasteiger partial charge in [0.05, 0.1) is 28.9 Å². The molecule has 1 fully saturated rings. The molecule has 2 rings (SSSR count).